The summed E-state index contributed by atoms with van der Waals surface area (Å²) in [5.74, 6) is -0.905. The summed E-state index contributed by atoms with van der Waals surface area (Å²) in [7, 11) is 1.08. The molecule has 0 heterocycles. The van der Waals surface area contributed by atoms with Gasteiger partial charge in [0.2, 0.25) is 0 Å². The summed E-state index contributed by atoms with van der Waals surface area (Å²) in [4.78, 5) is 21.3. The van der Waals surface area contributed by atoms with Crippen LogP contribution < -0.4 is 0 Å². The number of rotatable bonds is 3. The fourth-order valence-electron chi connectivity index (χ4n) is 1.35. The molecule has 0 unspecified atom stereocenters. The highest BCUT2D eigenvalue weighted by molar-refractivity contribution is 5.95. The summed E-state index contributed by atoms with van der Waals surface area (Å²) in [5.41, 5.74) is -1.20. The molecule has 1 rings (SSSR count). The Morgan fingerprint density at radius 3 is 2.71 bits per heavy atom. The van der Waals surface area contributed by atoms with Crippen LogP contribution in [0.4, 0.5) is 5.69 Å². The second kappa shape index (κ2) is 5.05. The van der Waals surface area contributed by atoms with Crippen LogP contribution in [-0.4, -0.2) is 23.1 Å². The maximum absolute atomic E-state index is 11.3. The van der Waals surface area contributed by atoms with E-state index in [-0.39, 0.29) is 16.7 Å². The molecule has 0 bridgehead atoms. The Bertz CT molecular complexity index is 518. The van der Waals surface area contributed by atoms with E-state index in [4.69, 9.17) is 10.4 Å². The highest BCUT2D eigenvalue weighted by Crippen LogP contribution is 2.27. The Morgan fingerprint density at radius 1 is 1.65 bits per heavy atom. The molecule has 1 N–H and O–H groups in total. The van der Waals surface area contributed by atoms with Gasteiger partial charge in [-0.1, -0.05) is 6.07 Å². The van der Waals surface area contributed by atoms with Crippen LogP contribution in [0, 0.1) is 21.4 Å². The van der Waals surface area contributed by atoms with Crippen LogP contribution in [-0.2, 0) is 11.3 Å². The van der Waals surface area contributed by atoms with Crippen molar-refractivity contribution in [1.82, 2.24) is 0 Å². The molecule has 0 radical (unpaired) electrons. The molecule has 0 saturated carbocycles. The molecule has 0 aromatic heterocycles. The van der Waals surface area contributed by atoms with Crippen molar-refractivity contribution < 1.29 is 19.6 Å². The first-order valence-electron chi connectivity index (χ1n) is 4.46. The Morgan fingerprint density at radius 2 is 2.29 bits per heavy atom. The first-order chi connectivity index (χ1) is 8.06. The van der Waals surface area contributed by atoms with Crippen LogP contribution in [0.2, 0.25) is 0 Å². The first kappa shape index (κ1) is 12.6. The van der Waals surface area contributed by atoms with Crippen LogP contribution in [0.1, 0.15) is 21.5 Å². The first-order valence-corrected chi connectivity index (χ1v) is 4.46. The lowest BCUT2D eigenvalue weighted by molar-refractivity contribution is -0.385. The molecule has 0 atom stereocenters. The summed E-state index contributed by atoms with van der Waals surface area (Å²) in [5, 5.41) is 28.6. The molecule has 0 aliphatic rings. The smallest absolute Gasteiger partial charge is 0.344 e. The summed E-state index contributed by atoms with van der Waals surface area (Å²) >= 11 is 0. The van der Waals surface area contributed by atoms with Gasteiger partial charge in [0.15, 0.2) is 0 Å². The average Bonchev–Trinajstić information content (AvgIpc) is 2.35. The zero-order valence-electron chi connectivity index (χ0n) is 8.84. The van der Waals surface area contributed by atoms with E-state index in [9.17, 15) is 14.9 Å². The molecule has 0 fully saturated rings. The fourth-order valence-corrected chi connectivity index (χ4v) is 1.35. The molecular weight excluding hydrogens is 228 g/mol. The van der Waals surface area contributed by atoms with E-state index in [1.165, 1.54) is 6.07 Å². The van der Waals surface area contributed by atoms with Crippen molar-refractivity contribution in [3.8, 4) is 6.07 Å². The Kier molecular flexibility index (Phi) is 3.74. The van der Waals surface area contributed by atoms with Crippen LogP contribution in [0.15, 0.2) is 12.1 Å². The molecule has 0 amide bonds. The minimum atomic E-state index is -0.905. The third kappa shape index (κ3) is 2.21. The Labute approximate surface area is 96.0 Å². The number of esters is 1. The van der Waals surface area contributed by atoms with Crippen LogP contribution in [0.3, 0.4) is 0 Å². The Hall–Kier alpha value is -2.46. The SMILES string of the molecule is COC(=O)c1ccc(CO)c(C#N)c1[N+](=O)[O-]. The van der Waals surface area contributed by atoms with Gasteiger partial charge in [0.1, 0.15) is 17.2 Å². The number of ether oxygens (including phenoxy) is 1. The van der Waals surface area contributed by atoms with E-state index in [2.05, 4.69) is 4.74 Å². The number of nitro groups is 1. The lowest BCUT2D eigenvalue weighted by Gasteiger charge is -2.05. The number of nitrogens with zero attached hydrogens (tertiary/aromatic N) is 2. The van der Waals surface area contributed by atoms with Gasteiger partial charge >= 0.3 is 11.7 Å². The van der Waals surface area contributed by atoms with Gasteiger partial charge in [0.05, 0.1) is 18.6 Å². The lowest BCUT2D eigenvalue weighted by Crippen LogP contribution is -2.09. The molecule has 0 saturated heterocycles. The van der Waals surface area contributed by atoms with Crippen molar-refractivity contribution in [1.29, 1.82) is 5.26 Å². The summed E-state index contributed by atoms with van der Waals surface area (Å²) in [6.45, 7) is -0.523. The molecular formula is C10H8N2O5. The normalized spacial score (nSPS) is 9.47. The van der Waals surface area contributed by atoms with Gasteiger partial charge < -0.3 is 9.84 Å². The molecule has 1 aromatic carbocycles. The van der Waals surface area contributed by atoms with Crippen molar-refractivity contribution in [3.63, 3.8) is 0 Å². The molecule has 17 heavy (non-hydrogen) atoms. The predicted molar refractivity (Wildman–Crippen MR) is 55.1 cm³/mol. The minimum Gasteiger partial charge on any atom is -0.465 e. The van der Waals surface area contributed by atoms with E-state index < -0.39 is 23.2 Å². The molecule has 0 aliphatic carbocycles. The highest BCUT2D eigenvalue weighted by atomic mass is 16.6. The van der Waals surface area contributed by atoms with E-state index >= 15 is 0 Å². The maximum atomic E-state index is 11.3. The monoisotopic (exact) mass is 236 g/mol. The topological polar surface area (TPSA) is 113 Å². The number of aliphatic hydroxyl groups is 1. The fraction of sp³-hybridized carbons (Fsp3) is 0.200. The van der Waals surface area contributed by atoms with Crippen molar-refractivity contribution >= 4 is 11.7 Å². The number of aliphatic hydroxyl groups excluding tert-OH is 1. The third-order valence-electron chi connectivity index (χ3n) is 2.13. The molecule has 0 aliphatic heterocycles. The van der Waals surface area contributed by atoms with Gasteiger partial charge in [-0.2, -0.15) is 5.26 Å². The molecule has 7 nitrogen and oxygen atoms in total. The van der Waals surface area contributed by atoms with Gasteiger partial charge in [-0.25, -0.2) is 4.79 Å². The van der Waals surface area contributed by atoms with Gasteiger partial charge in [-0.3, -0.25) is 10.1 Å². The molecule has 7 heteroatoms. The number of methoxy groups -OCH3 is 1. The number of benzene rings is 1. The Balaban J connectivity index is 3.60. The minimum absolute atomic E-state index is 0.0897. The summed E-state index contributed by atoms with van der Waals surface area (Å²) in [6, 6.07) is 4.03. The second-order valence-corrected chi connectivity index (χ2v) is 3.01. The zero-order chi connectivity index (χ0) is 13.0. The average molecular weight is 236 g/mol. The van der Waals surface area contributed by atoms with Crippen molar-refractivity contribution in [2.45, 2.75) is 6.61 Å². The number of carbonyl (C=O) groups excluding carboxylic acids is 1. The number of carbonyl (C=O) groups is 1. The number of nitriles is 1. The second-order valence-electron chi connectivity index (χ2n) is 3.01. The highest BCUT2D eigenvalue weighted by Gasteiger charge is 2.27. The van der Waals surface area contributed by atoms with Crippen molar-refractivity contribution in [2.24, 2.45) is 0 Å². The predicted octanol–water partition coefficient (Wildman–Crippen LogP) is 0.745. The van der Waals surface area contributed by atoms with E-state index in [0.717, 1.165) is 13.2 Å². The van der Waals surface area contributed by atoms with Crippen LogP contribution >= 0.6 is 0 Å². The largest absolute Gasteiger partial charge is 0.465 e. The van der Waals surface area contributed by atoms with E-state index in [1.54, 1.807) is 6.07 Å². The van der Waals surface area contributed by atoms with Gasteiger partial charge in [-0.05, 0) is 6.07 Å². The quantitative estimate of drug-likeness (QED) is 0.470. The van der Waals surface area contributed by atoms with Crippen LogP contribution in [0.25, 0.3) is 0 Å². The third-order valence-corrected chi connectivity index (χ3v) is 2.13. The van der Waals surface area contributed by atoms with Crippen molar-refractivity contribution in [3.05, 3.63) is 38.9 Å². The summed E-state index contributed by atoms with van der Waals surface area (Å²) < 4.78 is 4.38. The number of hydrogen-bond acceptors (Lipinski definition) is 6. The van der Waals surface area contributed by atoms with Crippen molar-refractivity contribution in [2.75, 3.05) is 7.11 Å². The lowest BCUT2D eigenvalue weighted by atomic mass is 10.0. The van der Waals surface area contributed by atoms with E-state index in [0.29, 0.717) is 0 Å². The van der Waals surface area contributed by atoms with E-state index in [1.807, 2.05) is 0 Å². The zero-order valence-corrected chi connectivity index (χ0v) is 8.84. The number of hydrogen-bond donors (Lipinski definition) is 1. The van der Waals surface area contributed by atoms with Crippen LogP contribution in [0.5, 0.6) is 0 Å². The molecule has 88 valence electrons. The maximum Gasteiger partial charge on any atom is 0.344 e. The van der Waals surface area contributed by atoms with Gasteiger partial charge in [0, 0.05) is 5.56 Å². The van der Waals surface area contributed by atoms with Gasteiger partial charge in [-0.15, -0.1) is 0 Å². The number of nitro benzene ring substituents is 1. The standard InChI is InChI=1S/C10H8N2O5/c1-17-10(14)7-3-2-6(5-13)8(4-11)9(7)12(15)16/h2-3,13H,5H2,1H3. The van der Waals surface area contributed by atoms with Gasteiger partial charge in [0.25, 0.3) is 0 Å². The summed E-state index contributed by atoms with van der Waals surface area (Å²) in [6.07, 6.45) is 0. The molecule has 0 spiro atoms. The molecule has 1 aromatic rings.